The summed E-state index contributed by atoms with van der Waals surface area (Å²) in [6.07, 6.45) is 0.124. The van der Waals surface area contributed by atoms with Gasteiger partial charge in [0.1, 0.15) is 11.2 Å². The van der Waals surface area contributed by atoms with E-state index in [1.165, 1.54) is 0 Å². The Balaban J connectivity index is 2.38. The SMILES string of the molecule is Cc1cc(C2(C(=O)O)CC(=O)C2)n[nH]1. The quantitative estimate of drug-likeness (QED) is 0.714. The van der Waals surface area contributed by atoms with Gasteiger partial charge >= 0.3 is 5.97 Å². The minimum absolute atomic E-state index is 0.0203. The van der Waals surface area contributed by atoms with Crippen molar-refractivity contribution in [3.63, 3.8) is 0 Å². The summed E-state index contributed by atoms with van der Waals surface area (Å²) in [5.41, 5.74) is 0.198. The summed E-state index contributed by atoms with van der Waals surface area (Å²) in [4.78, 5) is 22.0. The van der Waals surface area contributed by atoms with Gasteiger partial charge in [0.15, 0.2) is 0 Å². The van der Waals surface area contributed by atoms with Crippen LogP contribution in [0.2, 0.25) is 0 Å². The molecule has 5 nitrogen and oxygen atoms in total. The molecule has 0 atom stereocenters. The second kappa shape index (κ2) is 2.67. The zero-order valence-corrected chi connectivity index (χ0v) is 7.70. The van der Waals surface area contributed by atoms with Crippen LogP contribution in [0.5, 0.6) is 0 Å². The van der Waals surface area contributed by atoms with Crippen LogP contribution in [0.15, 0.2) is 6.07 Å². The first-order valence-electron chi connectivity index (χ1n) is 4.32. The normalized spacial score (nSPS) is 19.1. The molecule has 1 aromatic rings. The van der Waals surface area contributed by atoms with Crippen LogP contribution in [0.4, 0.5) is 0 Å². The van der Waals surface area contributed by atoms with Gasteiger partial charge in [0.05, 0.1) is 5.69 Å². The maximum absolute atomic E-state index is 11.1. The average Bonchev–Trinajstić information content (AvgIpc) is 2.45. The molecule has 0 spiro atoms. The number of ketones is 1. The van der Waals surface area contributed by atoms with E-state index in [0.29, 0.717) is 5.69 Å². The monoisotopic (exact) mass is 194 g/mol. The zero-order chi connectivity index (χ0) is 10.3. The highest BCUT2D eigenvalue weighted by Gasteiger charge is 2.53. The largest absolute Gasteiger partial charge is 0.481 e. The molecule has 1 heterocycles. The van der Waals surface area contributed by atoms with Gasteiger partial charge in [0, 0.05) is 18.5 Å². The third-order valence-corrected chi connectivity index (χ3v) is 2.60. The number of carbonyl (C=O) groups is 2. The number of aromatic amines is 1. The van der Waals surface area contributed by atoms with E-state index in [-0.39, 0.29) is 18.6 Å². The second-order valence-electron chi connectivity index (χ2n) is 3.72. The van der Waals surface area contributed by atoms with Gasteiger partial charge in [0.2, 0.25) is 0 Å². The molecule has 0 aliphatic heterocycles. The molecule has 1 aliphatic carbocycles. The molecule has 1 aliphatic rings. The minimum Gasteiger partial charge on any atom is -0.481 e. The summed E-state index contributed by atoms with van der Waals surface area (Å²) in [5.74, 6) is -0.989. The number of H-pyrrole nitrogens is 1. The number of rotatable bonds is 2. The summed E-state index contributed by atoms with van der Waals surface area (Å²) in [6, 6.07) is 1.68. The van der Waals surface area contributed by atoms with E-state index in [1.807, 2.05) is 0 Å². The molecule has 0 saturated heterocycles. The molecule has 0 unspecified atom stereocenters. The Morgan fingerprint density at radius 1 is 1.64 bits per heavy atom. The standard InChI is InChI=1S/C9H10N2O3/c1-5-2-7(11-10-5)9(8(13)14)3-6(12)4-9/h2H,3-4H2,1H3,(H,10,11)(H,13,14). The molecule has 0 amide bonds. The zero-order valence-electron chi connectivity index (χ0n) is 7.70. The Morgan fingerprint density at radius 2 is 2.29 bits per heavy atom. The first-order valence-corrected chi connectivity index (χ1v) is 4.32. The van der Waals surface area contributed by atoms with Crippen LogP contribution >= 0.6 is 0 Å². The molecule has 1 aromatic heterocycles. The maximum Gasteiger partial charge on any atom is 0.316 e. The lowest BCUT2D eigenvalue weighted by Gasteiger charge is -2.34. The molecular formula is C9H10N2O3. The lowest BCUT2D eigenvalue weighted by atomic mass is 9.66. The number of carbonyl (C=O) groups excluding carboxylic acids is 1. The fraction of sp³-hybridized carbons (Fsp3) is 0.444. The number of Topliss-reactive ketones (excluding diaryl/α,β-unsaturated/α-hetero) is 1. The van der Waals surface area contributed by atoms with Gasteiger partial charge in [-0.3, -0.25) is 14.7 Å². The highest BCUT2D eigenvalue weighted by atomic mass is 16.4. The van der Waals surface area contributed by atoms with Gasteiger partial charge in [-0.25, -0.2) is 0 Å². The highest BCUT2D eigenvalue weighted by molar-refractivity contribution is 6.01. The van der Waals surface area contributed by atoms with Gasteiger partial charge in [-0.1, -0.05) is 0 Å². The number of nitrogens with one attached hydrogen (secondary N) is 1. The van der Waals surface area contributed by atoms with Crippen molar-refractivity contribution < 1.29 is 14.7 Å². The summed E-state index contributed by atoms with van der Waals surface area (Å²) in [6.45, 7) is 1.80. The van der Waals surface area contributed by atoms with Gasteiger partial charge in [-0.05, 0) is 13.0 Å². The Hall–Kier alpha value is -1.65. The van der Waals surface area contributed by atoms with Crippen molar-refractivity contribution >= 4 is 11.8 Å². The smallest absolute Gasteiger partial charge is 0.316 e. The Bertz CT molecular complexity index is 400. The summed E-state index contributed by atoms with van der Waals surface area (Å²) >= 11 is 0. The van der Waals surface area contributed by atoms with Crippen LogP contribution in [0.1, 0.15) is 24.2 Å². The number of carboxylic acid groups (broad SMARTS) is 1. The predicted octanol–water partition coefficient (Wildman–Crippen LogP) is 0.403. The van der Waals surface area contributed by atoms with Gasteiger partial charge in [0.25, 0.3) is 0 Å². The van der Waals surface area contributed by atoms with Crippen molar-refractivity contribution in [2.45, 2.75) is 25.2 Å². The van der Waals surface area contributed by atoms with Gasteiger partial charge in [-0.15, -0.1) is 0 Å². The van der Waals surface area contributed by atoms with Gasteiger partial charge < -0.3 is 5.11 Å². The van der Waals surface area contributed by atoms with Crippen molar-refractivity contribution in [1.82, 2.24) is 10.2 Å². The third kappa shape index (κ3) is 1.05. The Morgan fingerprint density at radius 3 is 2.64 bits per heavy atom. The van der Waals surface area contributed by atoms with Crippen molar-refractivity contribution in [1.29, 1.82) is 0 Å². The van der Waals surface area contributed by atoms with E-state index in [4.69, 9.17) is 5.11 Å². The second-order valence-corrected chi connectivity index (χ2v) is 3.72. The molecule has 1 saturated carbocycles. The molecule has 0 aromatic carbocycles. The van der Waals surface area contributed by atoms with Crippen LogP contribution < -0.4 is 0 Å². The number of aliphatic carboxylic acids is 1. The molecule has 0 bridgehead atoms. The third-order valence-electron chi connectivity index (χ3n) is 2.60. The summed E-state index contributed by atoms with van der Waals surface area (Å²) < 4.78 is 0. The van der Waals surface area contributed by atoms with E-state index in [9.17, 15) is 9.59 Å². The first-order chi connectivity index (χ1) is 6.54. The van der Waals surface area contributed by atoms with Crippen molar-refractivity contribution in [3.8, 4) is 0 Å². The summed E-state index contributed by atoms with van der Waals surface area (Å²) in [7, 11) is 0. The maximum atomic E-state index is 11.1. The van der Waals surface area contributed by atoms with Crippen molar-refractivity contribution in [2.75, 3.05) is 0 Å². The predicted molar refractivity (Wildman–Crippen MR) is 46.9 cm³/mol. The molecular weight excluding hydrogens is 184 g/mol. The van der Waals surface area contributed by atoms with Crippen LogP contribution in [0.25, 0.3) is 0 Å². The van der Waals surface area contributed by atoms with Crippen LogP contribution in [0, 0.1) is 6.92 Å². The van der Waals surface area contributed by atoms with Crippen LogP contribution in [0.3, 0.4) is 0 Å². The molecule has 14 heavy (non-hydrogen) atoms. The van der Waals surface area contributed by atoms with Crippen molar-refractivity contribution in [3.05, 3.63) is 17.5 Å². The number of hydrogen-bond donors (Lipinski definition) is 2. The lowest BCUT2D eigenvalue weighted by Crippen LogP contribution is -2.48. The molecule has 1 fully saturated rings. The van der Waals surface area contributed by atoms with E-state index in [2.05, 4.69) is 10.2 Å². The number of aromatic nitrogens is 2. The Labute approximate surface area is 80.1 Å². The van der Waals surface area contributed by atoms with E-state index >= 15 is 0 Å². The number of hydrogen-bond acceptors (Lipinski definition) is 3. The minimum atomic E-state index is -1.07. The topological polar surface area (TPSA) is 83.0 Å². The average molecular weight is 194 g/mol. The highest BCUT2D eigenvalue weighted by Crippen LogP contribution is 2.40. The molecule has 2 N–H and O–H groups in total. The molecule has 2 rings (SSSR count). The van der Waals surface area contributed by atoms with Crippen LogP contribution in [-0.2, 0) is 15.0 Å². The number of carboxylic acids is 1. The fourth-order valence-electron chi connectivity index (χ4n) is 1.73. The van der Waals surface area contributed by atoms with Crippen LogP contribution in [-0.4, -0.2) is 27.1 Å². The lowest BCUT2D eigenvalue weighted by molar-refractivity contribution is -0.153. The van der Waals surface area contributed by atoms with Crippen molar-refractivity contribution in [2.24, 2.45) is 0 Å². The Kier molecular flexibility index (Phi) is 1.70. The fourth-order valence-corrected chi connectivity index (χ4v) is 1.73. The van der Waals surface area contributed by atoms with Gasteiger partial charge in [-0.2, -0.15) is 5.10 Å². The van der Waals surface area contributed by atoms with E-state index in [1.54, 1.807) is 13.0 Å². The number of nitrogens with zero attached hydrogens (tertiary/aromatic N) is 1. The molecule has 5 heteroatoms. The van der Waals surface area contributed by atoms with E-state index < -0.39 is 11.4 Å². The molecule has 0 radical (unpaired) electrons. The number of aryl methyl sites for hydroxylation is 1. The van der Waals surface area contributed by atoms with E-state index in [0.717, 1.165) is 5.69 Å². The molecule has 74 valence electrons. The summed E-state index contributed by atoms with van der Waals surface area (Å²) in [5, 5.41) is 15.7. The first kappa shape index (κ1) is 8.93.